The number of anilines is 1. The zero-order chi connectivity index (χ0) is 21.8. The molecule has 30 heavy (non-hydrogen) atoms. The van der Waals surface area contributed by atoms with Gasteiger partial charge in [-0.1, -0.05) is 0 Å². The Morgan fingerprint density at radius 1 is 1.10 bits per heavy atom. The highest BCUT2D eigenvalue weighted by Crippen LogP contribution is 2.41. The fraction of sp³-hybridized carbons (Fsp3) is 0.381. The Bertz CT molecular complexity index is 942. The Morgan fingerprint density at radius 2 is 1.77 bits per heavy atom. The number of nitrogens with zero attached hydrogens (tertiary/aromatic N) is 1. The summed E-state index contributed by atoms with van der Waals surface area (Å²) in [7, 11) is 2.68. The maximum absolute atomic E-state index is 14.6. The van der Waals surface area contributed by atoms with Gasteiger partial charge in [-0.2, -0.15) is 0 Å². The van der Waals surface area contributed by atoms with Crippen LogP contribution < -0.4 is 20.1 Å². The van der Waals surface area contributed by atoms with E-state index in [0.717, 1.165) is 18.3 Å². The molecule has 0 bridgehead atoms. The molecular weight excluding hydrogens is 396 g/mol. The molecule has 1 aliphatic rings. The predicted octanol–water partition coefficient (Wildman–Crippen LogP) is 3.29. The molecule has 1 fully saturated rings. The molecule has 1 aliphatic carbocycles. The van der Waals surface area contributed by atoms with Gasteiger partial charge in [-0.15, -0.1) is 0 Å². The smallest absolute Gasteiger partial charge is 0.228 e. The second-order valence-electron chi connectivity index (χ2n) is 7.13. The van der Waals surface area contributed by atoms with E-state index in [0.29, 0.717) is 19.3 Å². The minimum absolute atomic E-state index is 0.0391. The van der Waals surface area contributed by atoms with E-state index in [-0.39, 0.29) is 52.2 Å². The molecule has 160 valence electrons. The Balaban J connectivity index is 1.85. The van der Waals surface area contributed by atoms with Crippen LogP contribution in [0.3, 0.4) is 0 Å². The van der Waals surface area contributed by atoms with E-state index in [1.165, 1.54) is 27.2 Å². The molecule has 0 radical (unpaired) electrons. The summed E-state index contributed by atoms with van der Waals surface area (Å²) in [5.74, 6) is -1.63. The minimum atomic E-state index is -0.678. The van der Waals surface area contributed by atoms with Crippen molar-refractivity contribution >= 4 is 17.6 Å². The first-order chi connectivity index (χ1) is 14.3. The summed E-state index contributed by atoms with van der Waals surface area (Å²) >= 11 is 0. The lowest BCUT2D eigenvalue weighted by Crippen LogP contribution is -2.31. The quantitative estimate of drug-likeness (QED) is 0.750. The van der Waals surface area contributed by atoms with Crippen LogP contribution in [0.4, 0.5) is 14.6 Å². The van der Waals surface area contributed by atoms with Crippen LogP contribution in [0.1, 0.15) is 26.2 Å². The highest BCUT2D eigenvalue weighted by Gasteiger charge is 2.30. The third-order valence-electron chi connectivity index (χ3n) is 5.06. The van der Waals surface area contributed by atoms with Crippen LogP contribution in [0.5, 0.6) is 11.5 Å². The van der Waals surface area contributed by atoms with Crippen molar-refractivity contribution in [2.75, 3.05) is 19.5 Å². The van der Waals surface area contributed by atoms with Gasteiger partial charge in [-0.25, -0.2) is 13.8 Å². The van der Waals surface area contributed by atoms with Gasteiger partial charge >= 0.3 is 0 Å². The van der Waals surface area contributed by atoms with Crippen LogP contribution in [0.2, 0.25) is 0 Å². The predicted molar refractivity (Wildman–Crippen MR) is 106 cm³/mol. The first kappa shape index (κ1) is 21.5. The Hall–Kier alpha value is -3.23. The molecule has 3 rings (SSSR count). The van der Waals surface area contributed by atoms with Crippen molar-refractivity contribution < 1.29 is 27.8 Å². The number of carbonyl (C=O) groups excluding carboxylic acids is 2. The van der Waals surface area contributed by atoms with E-state index in [9.17, 15) is 18.4 Å². The first-order valence-corrected chi connectivity index (χ1v) is 9.47. The summed E-state index contributed by atoms with van der Waals surface area (Å²) in [4.78, 5) is 27.7. The summed E-state index contributed by atoms with van der Waals surface area (Å²) in [6.45, 7) is 1.44. The van der Waals surface area contributed by atoms with Gasteiger partial charge in [0.15, 0.2) is 0 Å². The first-order valence-electron chi connectivity index (χ1n) is 9.47. The van der Waals surface area contributed by atoms with Crippen LogP contribution in [0.25, 0.3) is 11.1 Å². The van der Waals surface area contributed by atoms with E-state index in [4.69, 9.17) is 9.47 Å². The molecule has 2 amide bonds. The summed E-state index contributed by atoms with van der Waals surface area (Å²) in [6, 6.07) is 3.56. The zero-order valence-electron chi connectivity index (χ0n) is 16.9. The van der Waals surface area contributed by atoms with E-state index < -0.39 is 11.6 Å². The van der Waals surface area contributed by atoms with Crippen molar-refractivity contribution in [3.63, 3.8) is 0 Å². The summed E-state index contributed by atoms with van der Waals surface area (Å²) in [5, 5.41) is 5.51. The summed E-state index contributed by atoms with van der Waals surface area (Å²) in [6.07, 6.45) is 2.84. The van der Waals surface area contributed by atoms with Gasteiger partial charge < -0.3 is 20.1 Å². The number of rotatable bonds is 6. The highest BCUT2D eigenvalue weighted by atomic mass is 19.1. The number of amides is 2. The SMILES string of the molecule is COc1cc(F)cc(OC)c1-c1cc(NC(=O)[C@H]2CC[C@@H](NC(C)=O)C2)ncc1F. The van der Waals surface area contributed by atoms with Gasteiger partial charge in [0.05, 0.1) is 26.0 Å². The molecule has 1 aromatic heterocycles. The molecule has 1 heterocycles. The van der Waals surface area contributed by atoms with Crippen LogP contribution >= 0.6 is 0 Å². The third kappa shape index (κ3) is 4.67. The third-order valence-corrected chi connectivity index (χ3v) is 5.06. The molecule has 0 unspecified atom stereocenters. The van der Waals surface area contributed by atoms with E-state index >= 15 is 0 Å². The molecule has 1 aromatic carbocycles. The van der Waals surface area contributed by atoms with Crippen LogP contribution in [-0.4, -0.2) is 37.1 Å². The van der Waals surface area contributed by atoms with Crippen molar-refractivity contribution in [1.29, 1.82) is 0 Å². The molecule has 0 saturated heterocycles. The fourth-order valence-corrected chi connectivity index (χ4v) is 3.71. The molecule has 2 N–H and O–H groups in total. The topological polar surface area (TPSA) is 89.5 Å². The Morgan fingerprint density at radius 3 is 2.37 bits per heavy atom. The van der Waals surface area contributed by atoms with Gasteiger partial charge in [0.25, 0.3) is 0 Å². The molecule has 2 atom stereocenters. The van der Waals surface area contributed by atoms with E-state index in [1.807, 2.05) is 0 Å². The lowest BCUT2D eigenvalue weighted by Gasteiger charge is -2.16. The molecular formula is C21H23F2N3O4. The Kier molecular flexibility index (Phi) is 6.49. The number of halogens is 2. The number of nitrogens with one attached hydrogen (secondary N) is 2. The number of aromatic nitrogens is 1. The van der Waals surface area contributed by atoms with Crippen LogP contribution in [-0.2, 0) is 9.59 Å². The number of hydrogen-bond acceptors (Lipinski definition) is 5. The normalized spacial score (nSPS) is 18.0. The van der Waals surface area contributed by atoms with Gasteiger partial charge in [0.1, 0.15) is 29.0 Å². The van der Waals surface area contributed by atoms with E-state index in [1.54, 1.807) is 0 Å². The lowest BCUT2D eigenvalue weighted by atomic mass is 10.0. The average molecular weight is 419 g/mol. The summed E-state index contributed by atoms with van der Waals surface area (Å²) in [5.41, 5.74) is 0.264. The maximum Gasteiger partial charge on any atom is 0.228 e. The highest BCUT2D eigenvalue weighted by molar-refractivity contribution is 5.93. The number of pyridine rings is 1. The van der Waals surface area contributed by atoms with Crippen LogP contribution in [0.15, 0.2) is 24.4 Å². The van der Waals surface area contributed by atoms with Gasteiger partial charge in [-0.3, -0.25) is 9.59 Å². The van der Waals surface area contributed by atoms with Crippen molar-refractivity contribution in [1.82, 2.24) is 10.3 Å². The number of hydrogen-bond donors (Lipinski definition) is 2. The second-order valence-corrected chi connectivity index (χ2v) is 7.13. The monoisotopic (exact) mass is 419 g/mol. The minimum Gasteiger partial charge on any atom is -0.496 e. The second kappa shape index (κ2) is 9.06. The molecule has 2 aromatic rings. The van der Waals surface area contributed by atoms with E-state index in [2.05, 4.69) is 15.6 Å². The molecule has 0 aliphatic heterocycles. The molecule has 0 spiro atoms. The van der Waals surface area contributed by atoms with Gasteiger partial charge in [0.2, 0.25) is 11.8 Å². The zero-order valence-corrected chi connectivity index (χ0v) is 16.9. The Labute approximate surface area is 172 Å². The fourth-order valence-electron chi connectivity index (χ4n) is 3.71. The van der Waals surface area contributed by atoms with Crippen molar-refractivity contribution in [3.8, 4) is 22.6 Å². The largest absolute Gasteiger partial charge is 0.496 e. The van der Waals surface area contributed by atoms with Crippen molar-refractivity contribution in [2.24, 2.45) is 5.92 Å². The number of ether oxygens (including phenoxy) is 2. The van der Waals surface area contributed by atoms with Crippen LogP contribution in [0, 0.1) is 17.6 Å². The van der Waals surface area contributed by atoms with Crippen molar-refractivity contribution in [2.45, 2.75) is 32.2 Å². The van der Waals surface area contributed by atoms with Gasteiger partial charge in [0, 0.05) is 36.6 Å². The number of methoxy groups -OCH3 is 2. The lowest BCUT2D eigenvalue weighted by molar-refractivity contribution is -0.121. The standard InChI is InChI=1S/C21H23F2N3O4/c1-11(27)25-14-5-4-12(6-14)21(28)26-19-9-15(16(23)10-24-19)20-17(29-2)7-13(22)8-18(20)30-3/h7-10,12,14H,4-6H2,1-3H3,(H,25,27)(H,24,26,28)/t12-,14+/m0/s1. The molecule has 9 heteroatoms. The average Bonchev–Trinajstić information content (AvgIpc) is 3.16. The van der Waals surface area contributed by atoms with Crippen molar-refractivity contribution in [3.05, 3.63) is 36.0 Å². The number of benzene rings is 1. The van der Waals surface area contributed by atoms with Gasteiger partial charge in [-0.05, 0) is 25.3 Å². The molecule has 1 saturated carbocycles. The summed E-state index contributed by atoms with van der Waals surface area (Å²) < 4.78 is 38.8. The molecule has 7 nitrogen and oxygen atoms in total. The number of carbonyl (C=O) groups is 2. The maximum atomic E-state index is 14.6.